The Bertz CT molecular complexity index is 1240. The van der Waals surface area contributed by atoms with Gasteiger partial charge in [-0.25, -0.2) is 8.42 Å². The second kappa shape index (κ2) is 10.8. The van der Waals surface area contributed by atoms with E-state index in [1.54, 1.807) is 92.5 Å². The fourth-order valence-corrected chi connectivity index (χ4v) is 5.01. The molecule has 0 bridgehead atoms. The fourth-order valence-electron chi connectivity index (χ4n) is 3.40. The first-order chi connectivity index (χ1) is 16.2. The number of hydrogen-bond donors (Lipinski definition) is 0. The zero-order chi connectivity index (χ0) is 24.9. The molecule has 0 unspecified atom stereocenters. The van der Waals surface area contributed by atoms with E-state index in [1.165, 1.54) is 11.4 Å². The molecule has 0 atom stereocenters. The first kappa shape index (κ1) is 25.5. The van der Waals surface area contributed by atoms with Crippen LogP contribution >= 0.6 is 11.8 Å². The van der Waals surface area contributed by atoms with Gasteiger partial charge in [0.15, 0.2) is 11.5 Å². The van der Waals surface area contributed by atoms with Gasteiger partial charge in [0, 0.05) is 31.1 Å². The molecule has 1 amide bonds. The molecule has 3 aromatic carbocycles. The zero-order valence-electron chi connectivity index (χ0n) is 19.8. The highest BCUT2D eigenvalue weighted by atomic mass is 32.2. The van der Waals surface area contributed by atoms with Crippen molar-refractivity contribution in [3.05, 3.63) is 77.9 Å². The van der Waals surface area contributed by atoms with Crippen LogP contribution < -0.4 is 13.8 Å². The van der Waals surface area contributed by atoms with Crippen LogP contribution in [0.2, 0.25) is 0 Å². The van der Waals surface area contributed by atoms with Crippen molar-refractivity contribution in [3.8, 4) is 11.5 Å². The summed E-state index contributed by atoms with van der Waals surface area (Å²) in [7, 11) is 2.63. The molecular formula is C25H28N2O5S2. The molecular weight excluding hydrogens is 472 g/mol. The molecule has 0 N–H and O–H groups in total. The summed E-state index contributed by atoms with van der Waals surface area (Å²) < 4.78 is 37.8. The molecule has 3 rings (SSSR count). The van der Waals surface area contributed by atoms with Crippen LogP contribution in [0, 0.1) is 0 Å². The Balaban J connectivity index is 1.73. The Morgan fingerprint density at radius 1 is 0.882 bits per heavy atom. The van der Waals surface area contributed by atoms with E-state index in [2.05, 4.69) is 0 Å². The molecule has 0 heterocycles. The highest BCUT2D eigenvalue weighted by Crippen LogP contribution is 2.28. The van der Waals surface area contributed by atoms with Gasteiger partial charge in [-0.3, -0.25) is 9.10 Å². The molecule has 0 aliphatic rings. The predicted molar refractivity (Wildman–Crippen MR) is 136 cm³/mol. The van der Waals surface area contributed by atoms with Gasteiger partial charge in [-0.05, 0) is 72.5 Å². The number of carbonyl (C=O) groups excluding carboxylic acids is 1. The number of carbonyl (C=O) groups is 1. The van der Waals surface area contributed by atoms with Gasteiger partial charge in [0.1, 0.15) is 0 Å². The molecule has 0 saturated carbocycles. The van der Waals surface area contributed by atoms with Crippen LogP contribution in [0.3, 0.4) is 0 Å². The summed E-state index contributed by atoms with van der Waals surface area (Å²) in [6, 6.07) is 18.8. The second-order valence-corrected chi connectivity index (χ2v) is 10.4. The number of nitrogens with zero attached hydrogens (tertiary/aromatic N) is 2. The second-order valence-electron chi connectivity index (χ2n) is 7.55. The van der Waals surface area contributed by atoms with Crippen molar-refractivity contribution >= 4 is 33.4 Å². The molecule has 0 aliphatic heterocycles. The van der Waals surface area contributed by atoms with Crippen molar-refractivity contribution in [2.45, 2.75) is 16.3 Å². The predicted octanol–water partition coefficient (Wildman–Crippen LogP) is 4.52. The average Bonchev–Trinajstić information content (AvgIpc) is 2.87. The standard InChI is InChI=1S/C25H28N2O5S2/c1-26(17-18-6-15-23(31-3)24(16-18)32-4)25(28)19-7-9-20(10-8-19)27(2)34(29,30)22-13-11-21(33-5)12-14-22/h6-16H,17H2,1-5H3. The summed E-state index contributed by atoms with van der Waals surface area (Å²) in [4.78, 5) is 15.7. The van der Waals surface area contributed by atoms with Gasteiger partial charge in [-0.2, -0.15) is 0 Å². The van der Waals surface area contributed by atoms with Crippen molar-refractivity contribution in [3.63, 3.8) is 0 Å². The van der Waals surface area contributed by atoms with Crippen LogP contribution in [-0.4, -0.2) is 53.8 Å². The van der Waals surface area contributed by atoms with Gasteiger partial charge in [0.25, 0.3) is 15.9 Å². The van der Waals surface area contributed by atoms with Crippen molar-refractivity contribution in [1.29, 1.82) is 0 Å². The van der Waals surface area contributed by atoms with Crippen LogP contribution in [-0.2, 0) is 16.6 Å². The number of anilines is 1. The number of rotatable bonds is 9. The van der Waals surface area contributed by atoms with Crippen LogP contribution in [0.5, 0.6) is 11.5 Å². The minimum Gasteiger partial charge on any atom is -0.493 e. The van der Waals surface area contributed by atoms with Gasteiger partial charge < -0.3 is 14.4 Å². The van der Waals surface area contributed by atoms with Gasteiger partial charge in [0.2, 0.25) is 0 Å². The van der Waals surface area contributed by atoms with E-state index in [0.29, 0.717) is 29.3 Å². The lowest BCUT2D eigenvalue weighted by molar-refractivity contribution is 0.0785. The van der Waals surface area contributed by atoms with Crippen molar-refractivity contribution in [1.82, 2.24) is 4.90 Å². The molecule has 0 spiro atoms. The molecule has 0 saturated heterocycles. The van der Waals surface area contributed by atoms with Gasteiger partial charge in [-0.15, -0.1) is 11.8 Å². The van der Waals surface area contributed by atoms with Crippen LogP contribution in [0.15, 0.2) is 76.5 Å². The number of sulfonamides is 1. The maximum atomic E-state index is 13.0. The largest absolute Gasteiger partial charge is 0.493 e. The third-order valence-corrected chi connectivity index (χ3v) is 7.95. The highest BCUT2D eigenvalue weighted by molar-refractivity contribution is 7.98. The normalized spacial score (nSPS) is 11.1. The molecule has 34 heavy (non-hydrogen) atoms. The lowest BCUT2D eigenvalue weighted by Gasteiger charge is -2.21. The smallest absolute Gasteiger partial charge is 0.264 e. The Kier molecular flexibility index (Phi) is 8.11. The fraction of sp³-hybridized carbons (Fsp3) is 0.240. The Morgan fingerprint density at radius 2 is 1.50 bits per heavy atom. The minimum absolute atomic E-state index is 0.181. The average molecular weight is 501 g/mol. The van der Waals surface area contributed by atoms with Gasteiger partial charge >= 0.3 is 0 Å². The molecule has 9 heteroatoms. The number of methoxy groups -OCH3 is 2. The maximum absolute atomic E-state index is 13.0. The van der Waals surface area contributed by atoms with E-state index in [-0.39, 0.29) is 10.8 Å². The Hall–Kier alpha value is -3.17. The number of ether oxygens (including phenoxy) is 2. The van der Waals surface area contributed by atoms with Crippen LogP contribution in [0.4, 0.5) is 5.69 Å². The molecule has 0 radical (unpaired) electrons. The summed E-state index contributed by atoms with van der Waals surface area (Å²) in [6.07, 6.45) is 1.93. The third kappa shape index (κ3) is 5.48. The zero-order valence-corrected chi connectivity index (χ0v) is 21.4. The van der Waals surface area contributed by atoms with E-state index in [4.69, 9.17) is 9.47 Å². The topological polar surface area (TPSA) is 76.2 Å². The van der Waals surface area contributed by atoms with Crippen molar-refractivity contribution in [2.75, 3.05) is 38.9 Å². The lowest BCUT2D eigenvalue weighted by atomic mass is 10.1. The summed E-state index contributed by atoms with van der Waals surface area (Å²) in [6.45, 7) is 0.376. The third-order valence-electron chi connectivity index (χ3n) is 5.41. The van der Waals surface area contributed by atoms with Gasteiger partial charge in [-0.1, -0.05) is 6.07 Å². The Morgan fingerprint density at radius 3 is 2.06 bits per heavy atom. The van der Waals surface area contributed by atoms with E-state index >= 15 is 0 Å². The number of amides is 1. The molecule has 0 aromatic heterocycles. The van der Waals surface area contributed by atoms with E-state index in [0.717, 1.165) is 10.5 Å². The summed E-state index contributed by atoms with van der Waals surface area (Å²) in [5, 5.41) is 0. The first-order valence-corrected chi connectivity index (χ1v) is 13.1. The molecule has 3 aromatic rings. The monoisotopic (exact) mass is 500 g/mol. The summed E-state index contributed by atoms with van der Waals surface area (Å²) in [5.41, 5.74) is 1.82. The molecule has 7 nitrogen and oxygen atoms in total. The summed E-state index contributed by atoms with van der Waals surface area (Å²) in [5.74, 6) is 1.03. The highest BCUT2D eigenvalue weighted by Gasteiger charge is 2.22. The van der Waals surface area contributed by atoms with Crippen LogP contribution in [0.1, 0.15) is 15.9 Å². The van der Waals surface area contributed by atoms with Crippen molar-refractivity contribution in [2.24, 2.45) is 0 Å². The summed E-state index contributed by atoms with van der Waals surface area (Å²) >= 11 is 1.55. The van der Waals surface area contributed by atoms with E-state index in [1.807, 2.05) is 18.4 Å². The SMILES string of the molecule is COc1ccc(CN(C)C(=O)c2ccc(N(C)S(=O)(=O)c3ccc(SC)cc3)cc2)cc1OC. The van der Waals surface area contributed by atoms with Crippen molar-refractivity contribution < 1.29 is 22.7 Å². The molecule has 180 valence electrons. The minimum atomic E-state index is -3.71. The van der Waals surface area contributed by atoms with E-state index in [9.17, 15) is 13.2 Å². The lowest BCUT2D eigenvalue weighted by Crippen LogP contribution is -2.27. The van der Waals surface area contributed by atoms with Crippen LogP contribution in [0.25, 0.3) is 0 Å². The van der Waals surface area contributed by atoms with Gasteiger partial charge in [0.05, 0.1) is 24.8 Å². The number of hydrogen-bond acceptors (Lipinski definition) is 6. The quantitative estimate of drug-likeness (QED) is 0.402. The number of thioether (sulfide) groups is 1. The molecule has 0 aliphatic carbocycles. The molecule has 0 fully saturated rings. The first-order valence-electron chi connectivity index (χ1n) is 10.4. The maximum Gasteiger partial charge on any atom is 0.264 e. The van der Waals surface area contributed by atoms with E-state index < -0.39 is 10.0 Å². The number of benzene rings is 3. The Labute approximate surface area is 205 Å².